The molecule has 1 aromatic carbocycles. The predicted molar refractivity (Wildman–Crippen MR) is 63.1 cm³/mol. The van der Waals surface area contributed by atoms with Crippen LogP contribution in [0.4, 0.5) is 24.7 Å². The molecule has 0 spiro atoms. The first-order chi connectivity index (χ1) is 8.54. The molecule has 0 bridgehead atoms. The highest BCUT2D eigenvalue weighted by atomic mass is 32.2. The van der Waals surface area contributed by atoms with Crippen molar-refractivity contribution in [1.29, 1.82) is 0 Å². The average Bonchev–Trinajstić information content (AvgIpc) is 2.34. The highest BCUT2D eigenvalue weighted by Gasteiger charge is 2.31. The average molecular weight is 268 g/mol. The molecule has 18 heavy (non-hydrogen) atoms. The van der Waals surface area contributed by atoms with Crippen molar-refractivity contribution in [3.63, 3.8) is 0 Å². The fourth-order valence-electron chi connectivity index (χ4n) is 1.71. The molecule has 0 saturated carbocycles. The second-order valence-electron chi connectivity index (χ2n) is 3.79. The van der Waals surface area contributed by atoms with Crippen LogP contribution in [0.15, 0.2) is 46.3 Å². The monoisotopic (exact) mass is 268 g/mol. The van der Waals surface area contributed by atoms with E-state index >= 15 is 0 Å². The lowest BCUT2D eigenvalue weighted by Gasteiger charge is -2.20. The molecule has 0 unspecified atom stereocenters. The van der Waals surface area contributed by atoms with E-state index in [-0.39, 0.29) is 0 Å². The maximum atomic E-state index is 12.6. The van der Waals surface area contributed by atoms with E-state index in [2.05, 4.69) is 10.3 Å². The normalized spacial score (nSPS) is 13.5. The van der Waals surface area contributed by atoms with Crippen molar-refractivity contribution >= 4 is 23.3 Å². The standard InChI is InChI=1S/C12H7F3N2S/c13-12(14,15)7-3-4-9-8(6-7)17-11-10(18-9)2-1-5-16-11/h1-6H,(H,16,17). The number of hydrogen-bond donors (Lipinski definition) is 1. The minimum absolute atomic E-state index is 0.445. The number of nitrogens with zero attached hydrogens (tertiary/aromatic N) is 1. The number of alkyl halides is 3. The van der Waals surface area contributed by atoms with E-state index in [0.29, 0.717) is 11.5 Å². The lowest BCUT2D eigenvalue weighted by molar-refractivity contribution is -0.137. The van der Waals surface area contributed by atoms with Gasteiger partial charge in [-0.1, -0.05) is 11.8 Å². The van der Waals surface area contributed by atoms with Gasteiger partial charge in [-0.05, 0) is 30.3 Å². The molecular weight excluding hydrogens is 261 g/mol. The molecule has 1 aliphatic heterocycles. The maximum Gasteiger partial charge on any atom is 0.416 e. The number of benzene rings is 1. The van der Waals surface area contributed by atoms with Crippen LogP contribution in [0.3, 0.4) is 0 Å². The molecule has 0 amide bonds. The van der Waals surface area contributed by atoms with Crippen LogP contribution in [0, 0.1) is 0 Å². The van der Waals surface area contributed by atoms with E-state index < -0.39 is 11.7 Å². The van der Waals surface area contributed by atoms with Gasteiger partial charge in [-0.15, -0.1) is 0 Å². The third-order valence-electron chi connectivity index (χ3n) is 2.55. The summed E-state index contributed by atoms with van der Waals surface area (Å²) in [6, 6.07) is 7.35. The molecule has 1 N–H and O–H groups in total. The fourth-order valence-corrected chi connectivity index (χ4v) is 2.65. The van der Waals surface area contributed by atoms with Crippen LogP contribution in [-0.4, -0.2) is 4.98 Å². The minimum atomic E-state index is -4.33. The highest BCUT2D eigenvalue weighted by Crippen LogP contribution is 2.44. The van der Waals surface area contributed by atoms with E-state index in [1.165, 1.54) is 17.8 Å². The molecule has 2 nitrogen and oxygen atoms in total. The van der Waals surface area contributed by atoms with Crippen LogP contribution in [-0.2, 0) is 6.18 Å². The molecule has 2 aromatic rings. The molecule has 0 atom stereocenters. The van der Waals surface area contributed by atoms with Gasteiger partial charge >= 0.3 is 6.18 Å². The second kappa shape index (κ2) is 3.91. The molecule has 2 heterocycles. The Labute approximate surface area is 105 Å². The first-order valence-electron chi connectivity index (χ1n) is 5.15. The quantitative estimate of drug-likeness (QED) is 0.657. The van der Waals surface area contributed by atoms with Crippen molar-refractivity contribution in [1.82, 2.24) is 4.98 Å². The number of rotatable bonds is 0. The Hall–Kier alpha value is -1.69. The van der Waals surface area contributed by atoms with Crippen molar-refractivity contribution in [3.8, 4) is 0 Å². The Bertz CT molecular complexity index is 611. The van der Waals surface area contributed by atoms with Crippen molar-refractivity contribution in [2.45, 2.75) is 16.0 Å². The van der Waals surface area contributed by atoms with E-state index in [1.54, 1.807) is 12.3 Å². The summed E-state index contributed by atoms with van der Waals surface area (Å²) in [5.74, 6) is 0.592. The first kappa shape index (κ1) is 11.4. The summed E-state index contributed by atoms with van der Waals surface area (Å²) < 4.78 is 37.8. The van der Waals surface area contributed by atoms with Crippen molar-refractivity contribution in [3.05, 3.63) is 42.1 Å². The summed E-state index contributed by atoms with van der Waals surface area (Å²) >= 11 is 1.41. The number of anilines is 2. The fraction of sp³-hybridized carbons (Fsp3) is 0.0833. The van der Waals surface area contributed by atoms with Crippen LogP contribution in [0.2, 0.25) is 0 Å². The molecule has 0 aliphatic carbocycles. The molecule has 1 aromatic heterocycles. The first-order valence-corrected chi connectivity index (χ1v) is 5.97. The van der Waals surface area contributed by atoms with Crippen molar-refractivity contribution < 1.29 is 13.2 Å². The lowest BCUT2D eigenvalue weighted by atomic mass is 10.2. The molecule has 1 aliphatic rings. The topological polar surface area (TPSA) is 24.9 Å². The van der Waals surface area contributed by atoms with Crippen LogP contribution in [0.5, 0.6) is 0 Å². The molecular formula is C12H7F3N2S. The number of pyridine rings is 1. The van der Waals surface area contributed by atoms with E-state index in [1.807, 2.05) is 6.07 Å². The lowest BCUT2D eigenvalue weighted by Crippen LogP contribution is -2.08. The van der Waals surface area contributed by atoms with Gasteiger partial charge in [-0.3, -0.25) is 0 Å². The summed E-state index contributed by atoms with van der Waals surface area (Å²) in [5.41, 5.74) is -0.213. The Morgan fingerprint density at radius 1 is 1.11 bits per heavy atom. The highest BCUT2D eigenvalue weighted by molar-refractivity contribution is 7.99. The Morgan fingerprint density at radius 3 is 2.72 bits per heavy atom. The van der Waals surface area contributed by atoms with Gasteiger partial charge in [-0.25, -0.2) is 4.98 Å². The van der Waals surface area contributed by atoms with Gasteiger partial charge in [0.05, 0.1) is 16.1 Å². The Kier molecular flexibility index (Phi) is 2.48. The van der Waals surface area contributed by atoms with Gasteiger partial charge in [0.15, 0.2) is 0 Å². The summed E-state index contributed by atoms with van der Waals surface area (Å²) in [5, 5.41) is 2.92. The van der Waals surface area contributed by atoms with Gasteiger partial charge in [0, 0.05) is 11.1 Å². The van der Waals surface area contributed by atoms with Gasteiger partial charge in [-0.2, -0.15) is 13.2 Å². The number of hydrogen-bond acceptors (Lipinski definition) is 3. The third-order valence-corrected chi connectivity index (χ3v) is 3.68. The van der Waals surface area contributed by atoms with Crippen LogP contribution in [0.25, 0.3) is 0 Å². The number of fused-ring (bicyclic) bond motifs is 2. The summed E-state index contributed by atoms with van der Waals surface area (Å²) in [6.07, 6.45) is -2.73. The molecule has 0 radical (unpaired) electrons. The van der Waals surface area contributed by atoms with Crippen molar-refractivity contribution in [2.75, 3.05) is 5.32 Å². The molecule has 3 rings (SSSR count). The zero-order valence-electron chi connectivity index (χ0n) is 8.95. The SMILES string of the molecule is FC(F)(F)c1ccc2c(c1)Nc1ncccc1S2. The molecule has 6 heteroatoms. The third kappa shape index (κ3) is 1.92. The van der Waals surface area contributed by atoms with Crippen molar-refractivity contribution in [2.24, 2.45) is 0 Å². The van der Waals surface area contributed by atoms with Gasteiger partial charge in [0.25, 0.3) is 0 Å². The number of aromatic nitrogens is 1. The number of nitrogens with one attached hydrogen (secondary N) is 1. The molecule has 0 saturated heterocycles. The van der Waals surface area contributed by atoms with Gasteiger partial charge < -0.3 is 5.32 Å². The zero-order valence-corrected chi connectivity index (χ0v) is 9.77. The molecule has 92 valence electrons. The Balaban J connectivity index is 2.04. The molecule has 0 fully saturated rings. The maximum absolute atomic E-state index is 12.6. The minimum Gasteiger partial charge on any atom is -0.338 e. The van der Waals surface area contributed by atoms with Crippen LogP contribution >= 0.6 is 11.8 Å². The van der Waals surface area contributed by atoms with Crippen LogP contribution in [0.1, 0.15) is 5.56 Å². The van der Waals surface area contributed by atoms with E-state index in [0.717, 1.165) is 21.9 Å². The second-order valence-corrected chi connectivity index (χ2v) is 4.87. The largest absolute Gasteiger partial charge is 0.416 e. The van der Waals surface area contributed by atoms with E-state index in [9.17, 15) is 13.2 Å². The number of halogens is 3. The van der Waals surface area contributed by atoms with Gasteiger partial charge in [0.2, 0.25) is 0 Å². The predicted octanol–water partition coefficient (Wildman–Crippen LogP) is 4.31. The summed E-state index contributed by atoms with van der Waals surface area (Å²) in [6.45, 7) is 0. The zero-order chi connectivity index (χ0) is 12.8. The van der Waals surface area contributed by atoms with Crippen LogP contribution < -0.4 is 5.32 Å². The summed E-state index contributed by atoms with van der Waals surface area (Å²) in [7, 11) is 0. The van der Waals surface area contributed by atoms with Gasteiger partial charge in [0.1, 0.15) is 5.82 Å². The Morgan fingerprint density at radius 2 is 1.94 bits per heavy atom. The smallest absolute Gasteiger partial charge is 0.338 e. The summed E-state index contributed by atoms with van der Waals surface area (Å²) in [4.78, 5) is 5.77. The van der Waals surface area contributed by atoms with E-state index in [4.69, 9.17) is 0 Å².